The van der Waals surface area contributed by atoms with Crippen molar-refractivity contribution in [1.29, 1.82) is 0 Å². The van der Waals surface area contributed by atoms with E-state index in [-0.39, 0.29) is 17.9 Å². The van der Waals surface area contributed by atoms with Gasteiger partial charge in [0.05, 0.1) is 0 Å². The van der Waals surface area contributed by atoms with Gasteiger partial charge in [0.2, 0.25) is 11.8 Å². The molecule has 0 unspecified atom stereocenters. The molecule has 6 heteroatoms. The molecule has 29 heavy (non-hydrogen) atoms. The number of fused-ring (bicyclic) bond motifs is 1. The quantitative estimate of drug-likeness (QED) is 0.722. The van der Waals surface area contributed by atoms with Crippen LogP contribution in [0.4, 0.5) is 0 Å². The van der Waals surface area contributed by atoms with Crippen LogP contribution in [-0.2, 0) is 16.1 Å². The molecule has 0 aliphatic carbocycles. The number of aromatic nitrogens is 1. The Morgan fingerprint density at radius 1 is 1.21 bits per heavy atom. The topological polar surface area (TPSA) is 53.5 Å². The smallest absolute Gasteiger partial charge is 0.246 e. The molecule has 0 N–H and O–H groups in total. The fourth-order valence-electron chi connectivity index (χ4n) is 4.32. The predicted octanol–water partition coefficient (Wildman–Crippen LogP) is 3.79. The zero-order valence-corrected chi connectivity index (χ0v) is 17.0. The van der Waals surface area contributed by atoms with Crippen molar-refractivity contribution >= 4 is 29.5 Å². The van der Waals surface area contributed by atoms with Crippen molar-refractivity contribution in [3.8, 4) is 0 Å². The van der Waals surface area contributed by atoms with Gasteiger partial charge in [0, 0.05) is 55.6 Å². The van der Waals surface area contributed by atoms with E-state index in [0.29, 0.717) is 37.0 Å². The molecule has 2 amide bonds. The molecular formula is C23H24ClN3O2. The first kappa shape index (κ1) is 19.6. The van der Waals surface area contributed by atoms with Crippen LogP contribution in [0.2, 0.25) is 5.02 Å². The number of rotatable bonds is 4. The second-order valence-corrected chi connectivity index (χ2v) is 8.08. The molecule has 5 nitrogen and oxygen atoms in total. The van der Waals surface area contributed by atoms with Crippen LogP contribution < -0.4 is 0 Å². The van der Waals surface area contributed by atoms with Crippen molar-refractivity contribution in [2.45, 2.75) is 31.8 Å². The fourth-order valence-corrected chi connectivity index (χ4v) is 4.52. The molecule has 2 fully saturated rings. The number of hydrogen-bond donors (Lipinski definition) is 0. The molecule has 1 aromatic heterocycles. The van der Waals surface area contributed by atoms with Crippen LogP contribution in [0, 0.1) is 5.92 Å². The highest BCUT2D eigenvalue weighted by atomic mass is 35.5. The van der Waals surface area contributed by atoms with Crippen molar-refractivity contribution in [3.63, 3.8) is 0 Å². The average Bonchev–Trinajstić information content (AvgIpc) is 2.75. The van der Waals surface area contributed by atoms with Gasteiger partial charge in [-0.05, 0) is 48.1 Å². The van der Waals surface area contributed by atoms with Crippen LogP contribution >= 0.6 is 11.6 Å². The predicted molar refractivity (Wildman–Crippen MR) is 113 cm³/mol. The van der Waals surface area contributed by atoms with Gasteiger partial charge in [0.15, 0.2) is 0 Å². The Morgan fingerprint density at radius 3 is 2.86 bits per heavy atom. The van der Waals surface area contributed by atoms with Crippen LogP contribution in [0.15, 0.2) is 54.9 Å². The number of benzene rings is 1. The Morgan fingerprint density at radius 2 is 2.07 bits per heavy atom. The summed E-state index contributed by atoms with van der Waals surface area (Å²) in [6, 6.07) is 11.6. The van der Waals surface area contributed by atoms with Gasteiger partial charge in [-0.3, -0.25) is 14.6 Å². The van der Waals surface area contributed by atoms with E-state index >= 15 is 0 Å². The van der Waals surface area contributed by atoms with Crippen molar-refractivity contribution in [3.05, 3.63) is 71.0 Å². The minimum Gasteiger partial charge on any atom is -0.339 e. The number of carbonyl (C=O) groups excluding carboxylic acids is 2. The Balaban J connectivity index is 1.41. The Kier molecular flexibility index (Phi) is 5.95. The number of hydrogen-bond acceptors (Lipinski definition) is 3. The van der Waals surface area contributed by atoms with E-state index in [1.165, 1.54) is 0 Å². The van der Waals surface area contributed by atoms with Crippen molar-refractivity contribution in [1.82, 2.24) is 14.8 Å². The van der Waals surface area contributed by atoms with Crippen LogP contribution in [0.5, 0.6) is 0 Å². The number of carbonyl (C=O) groups is 2. The monoisotopic (exact) mass is 409 g/mol. The van der Waals surface area contributed by atoms with Gasteiger partial charge in [-0.1, -0.05) is 35.9 Å². The van der Waals surface area contributed by atoms with E-state index in [1.807, 2.05) is 52.4 Å². The molecule has 2 aliphatic heterocycles. The second-order valence-electron chi connectivity index (χ2n) is 7.68. The molecule has 2 aliphatic rings. The molecule has 0 saturated carbocycles. The third kappa shape index (κ3) is 4.51. The van der Waals surface area contributed by atoms with Gasteiger partial charge >= 0.3 is 0 Å². The highest BCUT2D eigenvalue weighted by Crippen LogP contribution is 2.32. The molecule has 4 rings (SSSR count). The summed E-state index contributed by atoms with van der Waals surface area (Å²) in [5.41, 5.74) is 1.88. The summed E-state index contributed by atoms with van der Waals surface area (Å²) in [7, 11) is 0. The third-order valence-electron chi connectivity index (χ3n) is 5.84. The minimum atomic E-state index is -0.000853. The number of pyridine rings is 1. The number of halogens is 1. The Bertz CT molecular complexity index is 915. The summed E-state index contributed by atoms with van der Waals surface area (Å²) in [6.07, 6.45) is 9.12. The maximum Gasteiger partial charge on any atom is 0.246 e. The van der Waals surface area contributed by atoms with Gasteiger partial charge in [0.25, 0.3) is 0 Å². The highest BCUT2D eigenvalue weighted by molar-refractivity contribution is 6.32. The van der Waals surface area contributed by atoms with Gasteiger partial charge in [-0.15, -0.1) is 0 Å². The molecule has 2 saturated heterocycles. The lowest BCUT2D eigenvalue weighted by Gasteiger charge is -2.47. The van der Waals surface area contributed by atoms with Crippen molar-refractivity contribution < 1.29 is 9.59 Å². The summed E-state index contributed by atoms with van der Waals surface area (Å²) in [5.74, 6) is 0.517. The number of nitrogens with zero attached hydrogens (tertiary/aromatic N) is 3. The lowest BCUT2D eigenvalue weighted by Crippen LogP contribution is -2.56. The van der Waals surface area contributed by atoms with Crippen molar-refractivity contribution in [2.75, 3.05) is 13.1 Å². The zero-order chi connectivity index (χ0) is 20.2. The van der Waals surface area contributed by atoms with E-state index in [9.17, 15) is 9.59 Å². The van der Waals surface area contributed by atoms with Crippen LogP contribution in [0.3, 0.4) is 0 Å². The largest absolute Gasteiger partial charge is 0.339 e. The molecule has 0 bridgehead atoms. The highest BCUT2D eigenvalue weighted by Gasteiger charge is 2.39. The lowest BCUT2D eigenvalue weighted by atomic mass is 9.83. The SMILES string of the molecule is O=C(C=Cc1ccccc1Cl)N1CC[C@H]2[C@H](CCC(=O)N2Cc2cccnc2)C1. The standard InChI is InChI=1S/C23H24ClN3O2/c24-20-6-2-1-5-18(20)7-9-22(28)26-13-11-21-19(16-26)8-10-23(29)27(21)15-17-4-3-12-25-14-17/h1-7,9,12,14,19,21H,8,10-11,13,15-16H2/t19-,21+/m1/s1. The molecule has 0 spiro atoms. The van der Waals surface area contributed by atoms with Crippen LogP contribution in [-0.4, -0.2) is 45.7 Å². The molecule has 3 heterocycles. The molecule has 2 aromatic rings. The van der Waals surface area contributed by atoms with E-state index in [0.717, 1.165) is 24.0 Å². The van der Waals surface area contributed by atoms with Crippen molar-refractivity contribution in [2.24, 2.45) is 5.92 Å². The van der Waals surface area contributed by atoms with E-state index in [2.05, 4.69) is 4.98 Å². The lowest BCUT2D eigenvalue weighted by molar-refractivity contribution is -0.143. The summed E-state index contributed by atoms with van der Waals surface area (Å²) in [4.78, 5) is 33.3. The number of piperidine rings is 2. The molecule has 150 valence electrons. The second kappa shape index (κ2) is 8.78. The maximum absolute atomic E-state index is 12.7. The van der Waals surface area contributed by atoms with Crippen LogP contribution in [0.1, 0.15) is 30.4 Å². The molecule has 1 aromatic carbocycles. The maximum atomic E-state index is 12.7. The Labute approximate surface area is 176 Å². The summed E-state index contributed by atoms with van der Waals surface area (Å²) in [6.45, 7) is 1.94. The fraction of sp³-hybridized carbons (Fsp3) is 0.348. The minimum absolute atomic E-state index is 0.000853. The number of amides is 2. The first-order chi connectivity index (χ1) is 14.1. The summed E-state index contributed by atoms with van der Waals surface area (Å²) < 4.78 is 0. The molecular weight excluding hydrogens is 386 g/mol. The van der Waals surface area contributed by atoms with Gasteiger partial charge in [-0.2, -0.15) is 0 Å². The van der Waals surface area contributed by atoms with E-state index in [4.69, 9.17) is 11.6 Å². The molecule has 0 radical (unpaired) electrons. The summed E-state index contributed by atoms with van der Waals surface area (Å²) >= 11 is 6.16. The summed E-state index contributed by atoms with van der Waals surface area (Å²) in [5, 5.41) is 0.632. The number of likely N-dealkylation sites (tertiary alicyclic amines) is 2. The van der Waals surface area contributed by atoms with Gasteiger partial charge in [-0.25, -0.2) is 0 Å². The molecule has 2 atom stereocenters. The van der Waals surface area contributed by atoms with Gasteiger partial charge in [0.1, 0.15) is 0 Å². The normalized spacial score (nSPS) is 22.0. The third-order valence-corrected chi connectivity index (χ3v) is 6.19. The van der Waals surface area contributed by atoms with E-state index in [1.54, 1.807) is 18.3 Å². The Hall–Kier alpha value is -2.66. The average molecular weight is 410 g/mol. The zero-order valence-electron chi connectivity index (χ0n) is 16.2. The van der Waals surface area contributed by atoms with Gasteiger partial charge < -0.3 is 9.80 Å². The van der Waals surface area contributed by atoms with Crippen LogP contribution in [0.25, 0.3) is 6.08 Å². The first-order valence-corrected chi connectivity index (χ1v) is 10.4. The first-order valence-electron chi connectivity index (χ1n) is 10.0. The van der Waals surface area contributed by atoms with E-state index < -0.39 is 0 Å².